The number of benzene rings is 1. The minimum atomic E-state index is -0.480. The minimum absolute atomic E-state index is 0.106. The summed E-state index contributed by atoms with van der Waals surface area (Å²) in [5, 5.41) is 10.7. The van der Waals surface area contributed by atoms with Gasteiger partial charge >= 0.3 is 6.09 Å². The standard InChI is InChI=1S/C16H22N2O4/c1-16(2,3)22-15(19)17-10-8-13(9-11-17)12-4-6-14(7-5-12)18(20)21/h4-7,13H,8-11H2,1-3H3. The van der Waals surface area contributed by atoms with Crippen molar-refractivity contribution in [1.29, 1.82) is 0 Å². The Morgan fingerprint density at radius 1 is 1.23 bits per heavy atom. The van der Waals surface area contributed by atoms with Crippen molar-refractivity contribution in [3.8, 4) is 0 Å². The highest BCUT2D eigenvalue weighted by Crippen LogP contribution is 2.29. The molecule has 1 saturated heterocycles. The van der Waals surface area contributed by atoms with Gasteiger partial charge in [-0.15, -0.1) is 0 Å². The van der Waals surface area contributed by atoms with Crippen LogP contribution in [-0.4, -0.2) is 34.6 Å². The van der Waals surface area contributed by atoms with E-state index in [1.165, 1.54) is 12.1 Å². The monoisotopic (exact) mass is 306 g/mol. The Balaban J connectivity index is 1.91. The van der Waals surface area contributed by atoms with Crippen molar-refractivity contribution < 1.29 is 14.5 Å². The molecule has 2 rings (SSSR count). The van der Waals surface area contributed by atoms with Crippen LogP contribution >= 0.6 is 0 Å². The summed E-state index contributed by atoms with van der Waals surface area (Å²) in [6, 6.07) is 6.70. The van der Waals surface area contributed by atoms with Gasteiger partial charge in [0.15, 0.2) is 0 Å². The predicted molar refractivity (Wildman–Crippen MR) is 82.9 cm³/mol. The van der Waals surface area contributed by atoms with Gasteiger partial charge < -0.3 is 9.64 Å². The van der Waals surface area contributed by atoms with Gasteiger partial charge in [0.25, 0.3) is 5.69 Å². The lowest BCUT2D eigenvalue weighted by Gasteiger charge is -2.33. The van der Waals surface area contributed by atoms with Crippen molar-refractivity contribution >= 4 is 11.8 Å². The van der Waals surface area contributed by atoms with Crippen LogP contribution in [-0.2, 0) is 4.74 Å². The first-order valence-electron chi connectivity index (χ1n) is 7.48. The number of carbonyl (C=O) groups excluding carboxylic acids is 1. The van der Waals surface area contributed by atoms with E-state index in [0.717, 1.165) is 18.4 Å². The van der Waals surface area contributed by atoms with E-state index < -0.39 is 10.5 Å². The van der Waals surface area contributed by atoms with Crippen molar-refractivity contribution in [3.05, 3.63) is 39.9 Å². The molecule has 0 saturated carbocycles. The number of piperidine rings is 1. The molecular weight excluding hydrogens is 284 g/mol. The first-order chi connectivity index (χ1) is 10.3. The van der Waals surface area contributed by atoms with Crippen LogP contribution in [0.1, 0.15) is 45.1 Å². The number of hydrogen-bond acceptors (Lipinski definition) is 4. The SMILES string of the molecule is CC(C)(C)OC(=O)N1CCC(c2ccc([N+](=O)[O-])cc2)CC1. The summed E-state index contributed by atoms with van der Waals surface area (Å²) in [4.78, 5) is 24.0. The Labute approximate surface area is 130 Å². The van der Waals surface area contributed by atoms with Crippen LogP contribution in [0.25, 0.3) is 0 Å². The van der Waals surface area contributed by atoms with Crippen LogP contribution in [0.4, 0.5) is 10.5 Å². The van der Waals surface area contributed by atoms with Gasteiger partial charge in [0.05, 0.1) is 4.92 Å². The number of amides is 1. The number of likely N-dealkylation sites (tertiary alicyclic amines) is 1. The lowest BCUT2D eigenvalue weighted by atomic mass is 9.89. The predicted octanol–water partition coefficient (Wildman–Crippen LogP) is 3.71. The van der Waals surface area contributed by atoms with E-state index in [1.807, 2.05) is 32.9 Å². The third-order valence-electron chi connectivity index (χ3n) is 3.72. The molecule has 6 nitrogen and oxygen atoms in total. The molecule has 1 amide bonds. The Kier molecular flexibility index (Phi) is 4.68. The molecule has 1 fully saturated rings. The van der Waals surface area contributed by atoms with E-state index in [9.17, 15) is 14.9 Å². The van der Waals surface area contributed by atoms with Gasteiger partial charge in [-0.05, 0) is 45.1 Å². The zero-order valence-electron chi connectivity index (χ0n) is 13.2. The summed E-state index contributed by atoms with van der Waals surface area (Å²) in [5.74, 6) is 0.333. The Bertz CT molecular complexity index is 540. The molecule has 1 aliphatic heterocycles. The smallest absolute Gasteiger partial charge is 0.410 e. The second-order valence-corrected chi connectivity index (χ2v) is 6.59. The lowest BCUT2D eigenvalue weighted by Crippen LogP contribution is -2.41. The molecule has 120 valence electrons. The minimum Gasteiger partial charge on any atom is -0.444 e. The molecule has 1 aromatic rings. The highest BCUT2D eigenvalue weighted by molar-refractivity contribution is 5.68. The van der Waals surface area contributed by atoms with Gasteiger partial charge in [0.2, 0.25) is 0 Å². The first kappa shape index (κ1) is 16.3. The van der Waals surface area contributed by atoms with Gasteiger partial charge in [-0.1, -0.05) is 12.1 Å². The Hall–Kier alpha value is -2.11. The number of carbonyl (C=O) groups is 1. The Morgan fingerprint density at radius 3 is 2.23 bits per heavy atom. The van der Waals surface area contributed by atoms with Gasteiger partial charge in [-0.3, -0.25) is 10.1 Å². The summed E-state index contributed by atoms with van der Waals surface area (Å²) in [6.45, 7) is 6.87. The van der Waals surface area contributed by atoms with Gasteiger partial charge in [-0.25, -0.2) is 4.79 Å². The van der Waals surface area contributed by atoms with Crippen molar-refractivity contribution in [1.82, 2.24) is 4.90 Å². The van der Waals surface area contributed by atoms with Crippen molar-refractivity contribution in [3.63, 3.8) is 0 Å². The maximum Gasteiger partial charge on any atom is 0.410 e. The second-order valence-electron chi connectivity index (χ2n) is 6.59. The maximum atomic E-state index is 12.0. The maximum absolute atomic E-state index is 12.0. The van der Waals surface area contributed by atoms with Crippen LogP contribution in [0.3, 0.4) is 0 Å². The summed E-state index contributed by atoms with van der Waals surface area (Å²) >= 11 is 0. The molecule has 0 bridgehead atoms. The van der Waals surface area contributed by atoms with E-state index in [1.54, 1.807) is 4.90 Å². The number of ether oxygens (including phenoxy) is 1. The van der Waals surface area contributed by atoms with Crippen LogP contribution in [0, 0.1) is 10.1 Å². The van der Waals surface area contributed by atoms with Gasteiger partial charge in [0.1, 0.15) is 5.60 Å². The van der Waals surface area contributed by atoms with Crippen molar-refractivity contribution in [2.24, 2.45) is 0 Å². The van der Waals surface area contributed by atoms with Crippen LogP contribution in [0.2, 0.25) is 0 Å². The Morgan fingerprint density at radius 2 is 1.77 bits per heavy atom. The summed E-state index contributed by atoms with van der Waals surface area (Å²) in [7, 11) is 0. The molecule has 1 aliphatic rings. The number of rotatable bonds is 2. The van der Waals surface area contributed by atoms with Crippen molar-refractivity contribution in [2.45, 2.75) is 45.1 Å². The summed E-state index contributed by atoms with van der Waals surface area (Å²) < 4.78 is 5.37. The average molecular weight is 306 g/mol. The molecule has 1 aromatic carbocycles. The highest BCUT2D eigenvalue weighted by Gasteiger charge is 2.27. The van der Waals surface area contributed by atoms with E-state index >= 15 is 0 Å². The number of nitro groups is 1. The molecule has 0 aliphatic carbocycles. The number of nitrogens with zero attached hydrogens (tertiary/aromatic N) is 2. The normalized spacial score (nSPS) is 16.4. The van der Waals surface area contributed by atoms with Crippen LogP contribution in [0.5, 0.6) is 0 Å². The molecule has 22 heavy (non-hydrogen) atoms. The molecule has 0 unspecified atom stereocenters. The molecular formula is C16H22N2O4. The first-order valence-corrected chi connectivity index (χ1v) is 7.48. The third-order valence-corrected chi connectivity index (χ3v) is 3.72. The zero-order chi connectivity index (χ0) is 16.3. The topological polar surface area (TPSA) is 72.7 Å². The number of non-ortho nitro benzene ring substituents is 1. The summed E-state index contributed by atoms with van der Waals surface area (Å²) in [5.41, 5.74) is 0.719. The fourth-order valence-corrected chi connectivity index (χ4v) is 2.59. The fraction of sp³-hybridized carbons (Fsp3) is 0.562. The molecule has 1 heterocycles. The average Bonchev–Trinajstić information content (AvgIpc) is 2.46. The third kappa shape index (κ3) is 4.19. The lowest BCUT2D eigenvalue weighted by molar-refractivity contribution is -0.384. The van der Waals surface area contributed by atoms with E-state index in [2.05, 4.69) is 0 Å². The van der Waals surface area contributed by atoms with Crippen LogP contribution < -0.4 is 0 Å². The van der Waals surface area contributed by atoms with E-state index in [-0.39, 0.29) is 11.8 Å². The number of hydrogen-bond donors (Lipinski definition) is 0. The molecule has 0 aromatic heterocycles. The van der Waals surface area contributed by atoms with E-state index in [4.69, 9.17) is 4.74 Å². The molecule has 0 atom stereocenters. The van der Waals surface area contributed by atoms with Crippen molar-refractivity contribution in [2.75, 3.05) is 13.1 Å². The van der Waals surface area contributed by atoms with Gasteiger partial charge in [0, 0.05) is 25.2 Å². The second kappa shape index (κ2) is 6.34. The summed E-state index contributed by atoms with van der Waals surface area (Å²) in [6.07, 6.45) is 1.42. The molecule has 0 N–H and O–H groups in total. The fourth-order valence-electron chi connectivity index (χ4n) is 2.59. The largest absolute Gasteiger partial charge is 0.444 e. The zero-order valence-corrected chi connectivity index (χ0v) is 13.2. The molecule has 0 radical (unpaired) electrons. The highest BCUT2D eigenvalue weighted by atomic mass is 16.6. The van der Waals surface area contributed by atoms with Crippen LogP contribution in [0.15, 0.2) is 24.3 Å². The quantitative estimate of drug-likeness (QED) is 0.616. The molecule has 6 heteroatoms. The number of nitro benzene ring substituents is 1. The molecule has 0 spiro atoms. The van der Waals surface area contributed by atoms with Gasteiger partial charge in [-0.2, -0.15) is 0 Å². The van der Waals surface area contributed by atoms with E-state index in [0.29, 0.717) is 19.0 Å².